The Hall–Kier alpha value is -2.96. The molecule has 7 nitrogen and oxygen atoms in total. The highest BCUT2D eigenvalue weighted by Crippen LogP contribution is 2.32. The van der Waals surface area contributed by atoms with E-state index in [1.165, 1.54) is 12.1 Å². The monoisotopic (exact) mass is 284 g/mol. The van der Waals surface area contributed by atoms with Crippen LogP contribution in [0.4, 0.5) is 17.1 Å². The van der Waals surface area contributed by atoms with Crippen LogP contribution in [0.3, 0.4) is 0 Å². The van der Waals surface area contributed by atoms with E-state index < -0.39 is 4.92 Å². The van der Waals surface area contributed by atoms with Gasteiger partial charge in [-0.3, -0.25) is 19.9 Å². The van der Waals surface area contributed by atoms with Crippen LogP contribution in [-0.2, 0) is 17.8 Å². The fourth-order valence-electron chi connectivity index (χ4n) is 2.40. The number of rotatable bonds is 3. The molecule has 1 aliphatic rings. The second-order valence-corrected chi connectivity index (χ2v) is 4.81. The van der Waals surface area contributed by atoms with Gasteiger partial charge in [-0.25, -0.2) is 0 Å². The number of benzene rings is 1. The molecular formula is C14H12N4O3. The summed E-state index contributed by atoms with van der Waals surface area (Å²) in [5, 5.41) is 10.8. The molecule has 0 radical (unpaired) electrons. The minimum absolute atomic E-state index is 0.00881. The summed E-state index contributed by atoms with van der Waals surface area (Å²) in [5.74, 6) is -0.102. The van der Waals surface area contributed by atoms with Gasteiger partial charge in [0.15, 0.2) is 0 Å². The number of nitrogens with two attached hydrogens (primary N) is 1. The summed E-state index contributed by atoms with van der Waals surface area (Å²) in [6, 6.07) is 7.82. The van der Waals surface area contributed by atoms with Crippen LogP contribution in [0.15, 0.2) is 36.5 Å². The molecule has 0 spiro atoms. The van der Waals surface area contributed by atoms with Gasteiger partial charge in [0.05, 0.1) is 23.6 Å². The van der Waals surface area contributed by atoms with Gasteiger partial charge in [-0.1, -0.05) is 0 Å². The molecule has 3 rings (SSSR count). The second kappa shape index (κ2) is 4.86. The van der Waals surface area contributed by atoms with E-state index >= 15 is 0 Å². The molecule has 0 aliphatic carbocycles. The summed E-state index contributed by atoms with van der Waals surface area (Å²) in [5.41, 5.74) is 8.30. The van der Waals surface area contributed by atoms with E-state index in [0.29, 0.717) is 29.2 Å². The van der Waals surface area contributed by atoms with Crippen LogP contribution in [0, 0.1) is 10.1 Å². The first kappa shape index (κ1) is 13.0. The normalized spacial score (nSPS) is 13.3. The molecule has 0 saturated carbocycles. The fourth-order valence-corrected chi connectivity index (χ4v) is 2.40. The lowest BCUT2D eigenvalue weighted by Gasteiger charge is -2.17. The highest BCUT2D eigenvalue weighted by atomic mass is 16.6. The Morgan fingerprint density at radius 3 is 2.86 bits per heavy atom. The topological polar surface area (TPSA) is 102 Å². The molecule has 1 amide bonds. The van der Waals surface area contributed by atoms with Crippen LogP contribution in [0.5, 0.6) is 0 Å². The van der Waals surface area contributed by atoms with E-state index in [0.717, 1.165) is 0 Å². The molecule has 0 bridgehead atoms. The largest absolute Gasteiger partial charge is 0.399 e. The van der Waals surface area contributed by atoms with Crippen molar-refractivity contribution in [2.45, 2.75) is 13.0 Å². The molecule has 106 valence electrons. The molecule has 1 aliphatic heterocycles. The van der Waals surface area contributed by atoms with Gasteiger partial charge < -0.3 is 10.6 Å². The Balaban J connectivity index is 1.92. The van der Waals surface area contributed by atoms with Gasteiger partial charge in [0, 0.05) is 29.7 Å². The molecule has 1 aromatic heterocycles. The number of nitrogen functional groups attached to an aromatic ring is 1. The number of nitrogens with zero attached hydrogens (tertiary/aromatic N) is 3. The van der Waals surface area contributed by atoms with Crippen LogP contribution in [0.1, 0.15) is 11.3 Å². The number of carbonyl (C=O) groups is 1. The van der Waals surface area contributed by atoms with E-state index in [-0.39, 0.29) is 18.0 Å². The molecule has 7 heteroatoms. The summed E-state index contributed by atoms with van der Waals surface area (Å²) >= 11 is 0. The summed E-state index contributed by atoms with van der Waals surface area (Å²) in [6.45, 7) is 0.300. The van der Waals surface area contributed by atoms with Gasteiger partial charge in [0.1, 0.15) is 0 Å². The second-order valence-electron chi connectivity index (χ2n) is 4.81. The molecule has 0 saturated heterocycles. The molecular weight excluding hydrogens is 272 g/mol. The van der Waals surface area contributed by atoms with Crippen molar-refractivity contribution in [1.82, 2.24) is 4.98 Å². The third-order valence-corrected chi connectivity index (χ3v) is 3.37. The Morgan fingerprint density at radius 1 is 1.33 bits per heavy atom. The smallest absolute Gasteiger partial charge is 0.269 e. The van der Waals surface area contributed by atoms with E-state index in [2.05, 4.69) is 4.98 Å². The van der Waals surface area contributed by atoms with Crippen LogP contribution < -0.4 is 10.6 Å². The molecule has 2 N–H and O–H groups in total. The molecule has 1 aromatic carbocycles. The van der Waals surface area contributed by atoms with Crippen molar-refractivity contribution in [2.24, 2.45) is 0 Å². The highest BCUT2D eigenvalue weighted by Gasteiger charge is 2.29. The molecule has 0 unspecified atom stereocenters. The van der Waals surface area contributed by atoms with Crippen molar-refractivity contribution in [2.75, 3.05) is 10.6 Å². The summed E-state index contributed by atoms with van der Waals surface area (Å²) < 4.78 is 0. The van der Waals surface area contributed by atoms with Gasteiger partial charge in [-0.15, -0.1) is 0 Å². The Labute approximate surface area is 120 Å². The highest BCUT2D eigenvalue weighted by molar-refractivity contribution is 6.01. The van der Waals surface area contributed by atoms with Gasteiger partial charge in [0.2, 0.25) is 5.91 Å². The average molecular weight is 284 g/mol. The first-order valence-corrected chi connectivity index (χ1v) is 6.32. The number of non-ortho nitro benzene ring substituents is 1. The predicted molar refractivity (Wildman–Crippen MR) is 76.6 cm³/mol. The van der Waals surface area contributed by atoms with Gasteiger partial charge in [0.25, 0.3) is 5.69 Å². The van der Waals surface area contributed by atoms with Crippen molar-refractivity contribution < 1.29 is 9.72 Å². The Kier molecular flexibility index (Phi) is 3.02. The zero-order chi connectivity index (χ0) is 15.0. The van der Waals surface area contributed by atoms with Crippen LogP contribution in [-0.4, -0.2) is 15.8 Å². The number of anilines is 2. The number of fused-ring (bicyclic) bond motifs is 1. The zero-order valence-corrected chi connectivity index (χ0v) is 11.0. The zero-order valence-electron chi connectivity index (χ0n) is 11.0. The molecule has 2 aromatic rings. The van der Waals surface area contributed by atoms with Crippen LogP contribution in [0.25, 0.3) is 0 Å². The van der Waals surface area contributed by atoms with E-state index in [9.17, 15) is 14.9 Å². The lowest BCUT2D eigenvalue weighted by Crippen LogP contribution is -2.26. The Bertz CT molecular complexity index is 745. The summed E-state index contributed by atoms with van der Waals surface area (Å²) in [4.78, 5) is 28.2. The molecule has 0 fully saturated rings. The maximum Gasteiger partial charge on any atom is 0.269 e. The van der Waals surface area contributed by atoms with Crippen molar-refractivity contribution in [3.05, 3.63) is 57.9 Å². The number of aromatic nitrogens is 1. The summed E-state index contributed by atoms with van der Waals surface area (Å²) in [6.07, 6.45) is 1.75. The van der Waals surface area contributed by atoms with E-state index in [1.807, 2.05) is 0 Å². The number of pyridine rings is 1. The maximum absolute atomic E-state index is 12.1. The lowest BCUT2D eigenvalue weighted by atomic mass is 10.1. The van der Waals surface area contributed by atoms with Crippen LogP contribution in [0.2, 0.25) is 0 Å². The van der Waals surface area contributed by atoms with Crippen molar-refractivity contribution >= 4 is 23.0 Å². The lowest BCUT2D eigenvalue weighted by molar-refractivity contribution is -0.384. The maximum atomic E-state index is 12.1. The predicted octanol–water partition coefficient (Wildman–Crippen LogP) is 1.66. The molecule has 2 heterocycles. The van der Waals surface area contributed by atoms with Crippen LogP contribution >= 0.6 is 0 Å². The minimum atomic E-state index is -0.465. The number of amides is 1. The van der Waals surface area contributed by atoms with Crippen molar-refractivity contribution in [3.8, 4) is 0 Å². The van der Waals surface area contributed by atoms with Gasteiger partial charge in [-0.2, -0.15) is 0 Å². The van der Waals surface area contributed by atoms with Crippen molar-refractivity contribution in [3.63, 3.8) is 0 Å². The third kappa shape index (κ3) is 2.40. The molecule has 21 heavy (non-hydrogen) atoms. The Morgan fingerprint density at radius 2 is 2.14 bits per heavy atom. The SMILES string of the molecule is Nc1ccnc(CN2C(=O)Cc3cc([N+](=O)[O-])ccc32)c1. The standard InChI is InChI=1S/C14H12N4O3/c15-10-3-4-16-11(7-10)8-17-13-2-1-12(18(20)21)5-9(13)6-14(17)19/h1-5,7H,6,8H2,(H2,15,16). The number of carbonyl (C=O) groups excluding carboxylic acids is 1. The number of hydrogen-bond donors (Lipinski definition) is 1. The number of nitro benzene ring substituents is 1. The molecule has 0 atom stereocenters. The summed E-state index contributed by atoms with van der Waals surface area (Å²) in [7, 11) is 0. The van der Waals surface area contributed by atoms with E-state index in [4.69, 9.17) is 5.73 Å². The first-order valence-electron chi connectivity index (χ1n) is 6.32. The van der Waals surface area contributed by atoms with Gasteiger partial charge >= 0.3 is 0 Å². The third-order valence-electron chi connectivity index (χ3n) is 3.37. The fraction of sp³-hybridized carbons (Fsp3) is 0.143. The number of nitro groups is 1. The number of hydrogen-bond acceptors (Lipinski definition) is 5. The quantitative estimate of drug-likeness (QED) is 0.682. The van der Waals surface area contributed by atoms with Gasteiger partial charge in [-0.05, 0) is 23.8 Å². The van der Waals surface area contributed by atoms with E-state index in [1.54, 1.807) is 29.3 Å². The minimum Gasteiger partial charge on any atom is -0.399 e. The average Bonchev–Trinajstić information content (AvgIpc) is 2.74. The first-order chi connectivity index (χ1) is 10.0. The van der Waals surface area contributed by atoms with Crippen molar-refractivity contribution in [1.29, 1.82) is 0 Å².